The number of fused-ring (bicyclic) bond motifs is 1. The van der Waals surface area contributed by atoms with Crippen molar-refractivity contribution in [3.05, 3.63) is 95.4 Å². The summed E-state index contributed by atoms with van der Waals surface area (Å²) in [6.45, 7) is 0. The molecular weight excluding hydrogens is 363 g/mol. The average molecular weight is 377 g/mol. The molecule has 0 aliphatic heterocycles. The number of benzene rings is 3. The van der Waals surface area contributed by atoms with E-state index in [0.29, 0.717) is 11.3 Å². The molecule has 1 N–H and O–H groups in total. The molecule has 132 valence electrons. The Labute approximate surface area is 160 Å². The van der Waals surface area contributed by atoms with Gasteiger partial charge in [0.1, 0.15) is 5.82 Å². The predicted octanol–water partition coefficient (Wildman–Crippen LogP) is 5.95. The summed E-state index contributed by atoms with van der Waals surface area (Å²) in [5.74, 6) is -0.825. The fraction of sp³-hybridized carbons (Fsp3) is 0. The number of amides is 1. The van der Waals surface area contributed by atoms with E-state index in [1.807, 2.05) is 42.5 Å². The number of carbonyl (C=O) groups is 1. The molecule has 0 saturated carbocycles. The Morgan fingerprint density at radius 1 is 0.926 bits per heavy atom. The molecule has 0 bridgehead atoms. The van der Waals surface area contributed by atoms with Crippen LogP contribution in [0.25, 0.3) is 22.0 Å². The number of hydrogen-bond acceptors (Lipinski definition) is 2. The lowest BCUT2D eigenvalue weighted by Crippen LogP contribution is -2.11. The molecule has 27 heavy (non-hydrogen) atoms. The molecule has 4 aromatic rings. The summed E-state index contributed by atoms with van der Waals surface area (Å²) in [6.07, 6.45) is 1.79. The summed E-state index contributed by atoms with van der Waals surface area (Å²) in [6, 6.07) is 21.2. The minimum atomic E-state index is -0.527. The number of carbonyl (C=O) groups excluding carboxylic acids is 1. The molecule has 3 nitrogen and oxygen atoms in total. The molecule has 1 heterocycles. The second kappa shape index (κ2) is 7.17. The van der Waals surface area contributed by atoms with Gasteiger partial charge in [-0.05, 0) is 48.0 Å². The van der Waals surface area contributed by atoms with E-state index in [1.54, 1.807) is 18.3 Å². The van der Waals surface area contributed by atoms with Gasteiger partial charge in [-0.25, -0.2) is 4.39 Å². The standard InChI is InChI=1S/C22H14ClFN2O/c23-19-12-18(8-9-20(19)24)26-22(27)16-6-3-5-14(10-16)17-11-15-4-1-2-7-21(15)25-13-17/h1-13H,(H,26,27). The third-order valence-electron chi connectivity index (χ3n) is 4.23. The van der Waals surface area contributed by atoms with Gasteiger partial charge in [-0.3, -0.25) is 9.78 Å². The number of hydrogen-bond donors (Lipinski definition) is 1. The summed E-state index contributed by atoms with van der Waals surface area (Å²) in [5.41, 5.74) is 3.65. The lowest BCUT2D eigenvalue weighted by Gasteiger charge is -2.08. The highest BCUT2D eigenvalue weighted by molar-refractivity contribution is 6.31. The maximum Gasteiger partial charge on any atom is 0.255 e. The predicted molar refractivity (Wildman–Crippen MR) is 107 cm³/mol. The van der Waals surface area contributed by atoms with E-state index in [2.05, 4.69) is 10.3 Å². The fourth-order valence-electron chi connectivity index (χ4n) is 2.85. The molecule has 0 atom stereocenters. The number of pyridine rings is 1. The third kappa shape index (κ3) is 3.66. The van der Waals surface area contributed by atoms with Crippen LogP contribution in [0.4, 0.5) is 10.1 Å². The number of aromatic nitrogens is 1. The van der Waals surface area contributed by atoms with Crippen molar-refractivity contribution in [2.24, 2.45) is 0 Å². The van der Waals surface area contributed by atoms with Crippen molar-refractivity contribution in [1.29, 1.82) is 0 Å². The molecule has 0 aliphatic carbocycles. The summed E-state index contributed by atoms with van der Waals surface area (Å²) >= 11 is 5.76. The van der Waals surface area contributed by atoms with Gasteiger partial charge in [0.15, 0.2) is 0 Å². The van der Waals surface area contributed by atoms with Crippen LogP contribution < -0.4 is 5.32 Å². The second-order valence-corrected chi connectivity index (χ2v) is 6.49. The molecule has 0 radical (unpaired) electrons. The summed E-state index contributed by atoms with van der Waals surface area (Å²) < 4.78 is 13.3. The van der Waals surface area contributed by atoms with E-state index in [9.17, 15) is 9.18 Å². The summed E-state index contributed by atoms with van der Waals surface area (Å²) in [4.78, 5) is 17.0. The maximum absolute atomic E-state index is 13.3. The van der Waals surface area contributed by atoms with Crippen LogP contribution in [0.3, 0.4) is 0 Å². The molecule has 0 aliphatic rings. The van der Waals surface area contributed by atoms with Crippen molar-refractivity contribution in [2.75, 3.05) is 5.32 Å². The lowest BCUT2D eigenvalue weighted by atomic mass is 10.0. The van der Waals surface area contributed by atoms with Gasteiger partial charge < -0.3 is 5.32 Å². The fourth-order valence-corrected chi connectivity index (χ4v) is 3.03. The number of nitrogens with zero attached hydrogens (tertiary/aromatic N) is 1. The zero-order valence-electron chi connectivity index (χ0n) is 14.1. The van der Waals surface area contributed by atoms with Crippen LogP contribution in [0.5, 0.6) is 0 Å². The first-order valence-electron chi connectivity index (χ1n) is 8.32. The van der Waals surface area contributed by atoms with E-state index in [4.69, 9.17) is 11.6 Å². The molecule has 3 aromatic carbocycles. The van der Waals surface area contributed by atoms with Gasteiger partial charge >= 0.3 is 0 Å². The minimum Gasteiger partial charge on any atom is -0.322 e. The molecule has 4 rings (SSSR count). The Balaban J connectivity index is 1.62. The van der Waals surface area contributed by atoms with Crippen LogP contribution >= 0.6 is 11.6 Å². The molecular formula is C22H14ClFN2O. The molecule has 1 amide bonds. The highest BCUT2D eigenvalue weighted by atomic mass is 35.5. The van der Waals surface area contributed by atoms with E-state index in [1.165, 1.54) is 18.2 Å². The maximum atomic E-state index is 13.3. The van der Waals surface area contributed by atoms with Gasteiger partial charge in [0.25, 0.3) is 5.91 Å². The lowest BCUT2D eigenvalue weighted by molar-refractivity contribution is 0.102. The van der Waals surface area contributed by atoms with E-state index in [-0.39, 0.29) is 10.9 Å². The van der Waals surface area contributed by atoms with Crippen molar-refractivity contribution in [2.45, 2.75) is 0 Å². The topological polar surface area (TPSA) is 42.0 Å². The highest BCUT2D eigenvalue weighted by Crippen LogP contribution is 2.24. The smallest absolute Gasteiger partial charge is 0.255 e. The van der Waals surface area contributed by atoms with Crippen LogP contribution in [0.15, 0.2) is 79.0 Å². The quantitative estimate of drug-likeness (QED) is 0.480. The number of rotatable bonds is 3. The number of nitrogens with one attached hydrogen (secondary N) is 1. The Hall–Kier alpha value is -3.24. The van der Waals surface area contributed by atoms with Crippen LogP contribution in [0.1, 0.15) is 10.4 Å². The SMILES string of the molecule is O=C(Nc1ccc(F)c(Cl)c1)c1cccc(-c2cnc3ccccc3c2)c1. The first-order valence-corrected chi connectivity index (χ1v) is 8.69. The average Bonchev–Trinajstić information content (AvgIpc) is 2.70. The number of halogens is 2. The molecule has 0 spiro atoms. The first-order chi connectivity index (χ1) is 13.1. The summed E-state index contributed by atoms with van der Waals surface area (Å²) in [7, 11) is 0. The van der Waals surface area contributed by atoms with Crippen LogP contribution in [0, 0.1) is 5.82 Å². The van der Waals surface area contributed by atoms with Crippen LogP contribution in [-0.2, 0) is 0 Å². The van der Waals surface area contributed by atoms with Crippen molar-refractivity contribution < 1.29 is 9.18 Å². The van der Waals surface area contributed by atoms with Crippen LogP contribution in [-0.4, -0.2) is 10.9 Å². The second-order valence-electron chi connectivity index (χ2n) is 6.08. The Morgan fingerprint density at radius 3 is 2.63 bits per heavy atom. The molecule has 0 unspecified atom stereocenters. The van der Waals surface area contributed by atoms with Gasteiger partial charge in [0.05, 0.1) is 10.5 Å². The van der Waals surface area contributed by atoms with E-state index in [0.717, 1.165) is 22.0 Å². The Morgan fingerprint density at radius 2 is 1.78 bits per heavy atom. The van der Waals surface area contributed by atoms with Gasteiger partial charge in [-0.15, -0.1) is 0 Å². The summed E-state index contributed by atoms with van der Waals surface area (Å²) in [5, 5.41) is 3.72. The number of para-hydroxylation sites is 1. The van der Waals surface area contributed by atoms with Crippen molar-refractivity contribution in [1.82, 2.24) is 4.98 Å². The van der Waals surface area contributed by atoms with Crippen LogP contribution in [0.2, 0.25) is 5.02 Å². The van der Waals surface area contributed by atoms with Gasteiger partial charge in [-0.1, -0.05) is 41.9 Å². The highest BCUT2D eigenvalue weighted by Gasteiger charge is 2.10. The Bertz CT molecular complexity index is 1160. The largest absolute Gasteiger partial charge is 0.322 e. The monoisotopic (exact) mass is 376 g/mol. The van der Waals surface area contributed by atoms with Crippen molar-refractivity contribution in [3.63, 3.8) is 0 Å². The zero-order valence-corrected chi connectivity index (χ0v) is 14.9. The van der Waals surface area contributed by atoms with Gasteiger partial charge in [0, 0.05) is 28.4 Å². The third-order valence-corrected chi connectivity index (χ3v) is 4.52. The van der Waals surface area contributed by atoms with Gasteiger partial charge in [0.2, 0.25) is 0 Å². The first kappa shape index (κ1) is 17.2. The number of anilines is 1. The Kier molecular flexibility index (Phi) is 4.57. The molecule has 5 heteroatoms. The van der Waals surface area contributed by atoms with Gasteiger partial charge in [-0.2, -0.15) is 0 Å². The van der Waals surface area contributed by atoms with Crippen molar-refractivity contribution >= 4 is 34.1 Å². The van der Waals surface area contributed by atoms with Crippen molar-refractivity contribution in [3.8, 4) is 11.1 Å². The molecule has 1 aromatic heterocycles. The molecule has 0 saturated heterocycles. The molecule has 0 fully saturated rings. The minimum absolute atomic E-state index is 0.0382. The zero-order chi connectivity index (χ0) is 18.8. The normalized spacial score (nSPS) is 10.7. The van der Waals surface area contributed by atoms with E-state index < -0.39 is 5.82 Å². The van der Waals surface area contributed by atoms with E-state index >= 15 is 0 Å².